The first-order chi connectivity index (χ1) is 12.2. The minimum atomic E-state index is -4.40. The van der Waals surface area contributed by atoms with E-state index in [4.69, 9.17) is 21.2 Å². The van der Waals surface area contributed by atoms with Gasteiger partial charge in [0.15, 0.2) is 6.10 Å². The molecule has 2 aromatic carbocycles. The van der Waals surface area contributed by atoms with E-state index in [1.807, 2.05) is 0 Å². The lowest BCUT2D eigenvalue weighted by Crippen LogP contribution is -2.36. The Balaban J connectivity index is 1.86. The third kappa shape index (κ3) is 5.64. The van der Waals surface area contributed by atoms with Crippen LogP contribution < -0.4 is 10.2 Å². The molecule has 140 valence electrons. The summed E-state index contributed by atoms with van der Waals surface area (Å²) in [5, 5.41) is 0.545. The number of carbonyl (C=O) groups excluding carboxylic acids is 1. The van der Waals surface area contributed by atoms with Crippen LogP contribution in [0.5, 0.6) is 5.75 Å². The van der Waals surface area contributed by atoms with Crippen molar-refractivity contribution in [3.05, 3.63) is 64.7 Å². The number of rotatable bonds is 6. The average molecular weight is 388 g/mol. The van der Waals surface area contributed by atoms with E-state index >= 15 is 0 Å². The number of benzene rings is 2. The number of hydrogen-bond donors (Lipinski definition) is 1. The monoisotopic (exact) mass is 387 g/mol. The Labute approximate surface area is 153 Å². The quantitative estimate of drug-likeness (QED) is 0.714. The molecule has 0 spiro atoms. The maximum atomic E-state index is 12.6. The van der Waals surface area contributed by atoms with Crippen LogP contribution in [0.25, 0.3) is 0 Å². The van der Waals surface area contributed by atoms with Crippen molar-refractivity contribution in [3.8, 4) is 5.75 Å². The molecule has 0 aliphatic heterocycles. The molecule has 1 unspecified atom stereocenters. The number of carbonyl (C=O) groups is 1. The van der Waals surface area contributed by atoms with Crippen molar-refractivity contribution in [3.63, 3.8) is 0 Å². The highest BCUT2D eigenvalue weighted by molar-refractivity contribution is 6.30. The lowest BCUT2D eigenvalue weighted by atomic mass is 10.1. The summed E-state index contributed by atoms with van der Waals surface area (Å²) in [7, 11) is 0. The van der Waals surface area contributed by atoms with E-state index in [2.05, 4.69) is 5.48 Å². The SMILES string of the molecule is CC(ONC(=O)[C@H](C)Oc1ccc(Cl)cc1)c1ccc(C(F)(F)F)cc1. The topological polar surface area (TPSA) is 47.6 Å². The van der Waals surface area contributed by atoms with Gasteiger partial charge in [-0.3, -0.25) is 9.63 Å². The molecular weight excluding hydrogens is 371 g/mol. The van der Waals surface area contributed by atoms with E-state index in [0.29, 0.717) is 16.3 Å². The van der Waals surface area contributed by atoms with Gasteiger partial charge in [-0.2, -0.15) is 13.2 Å². The normalized spacial score (nSPS) is 13.8. The third-order valence-corrected chi connectivity index (χ3v) is 3.79. The zero-order valence-electron chi connectivity index (χ0n) is 14.0. The van der Waals surface area contributed by atoms with Gasteiger partial charge in [-0.05, 0) is 55.8 Å². The second-order valence-corrected chi connectivity index (χ2v) is 6.00. The van der Waals surface area contributed by atoms with Gasteiger partial charge in [0.05, 0.1) is 5.56 Å². The summed E-state index contributed by atoms with van der Waals surface area (Å²) in [6.07, 6.45) is -5.87. The molecule has 2 aromatic rings. The van der Waals surface area contributed by atoms with Crippen LogP contribution in [-0.2, 0) is 15.8 Å². The van der Waals surface area contributed by atoms with Crippen LogP contribution in [0, 0.1) is 0 Å². The minimum absolute atomic E-state index is 0.466. The average Bonchev–Trinajstić information content (AvgIpc) is 2.60. The first-order valence-electron chi connectivity index (χ1n) is 7.71. The molecule has 2 atom stereocenters. The highest BCUT2D eigenvalue weighted by Crippen LogP contribution is 2.30. The summed E-state index contributed by atoms with van der Waals surface area (Å²) in [5.41, 5.74) is 1.99. The molecule has 26 heavy (non-hydrogen) atoms. The Morgan fingerprint density at radius 2 is 1.62 bits per heavy atom. The highest BCUT2D eigenvalue weighted by Gasteiger charge is 2.30. The van der Waals surface area contributed by atoms with Crippen LogP contribution in [0.3, 0.4) is 0 Å². The van der Waals surface area contributed by atoms with Crippen molar-refractivity contribution in [2.24, 2.45) is 0 Å². The fourth-order valence-electron chi connectivity index (χ4n) is 2.01. The zero-order chi connectivity index (χ0) is 19.3. The Morgan fingerprint density at radius 3 is 2.15 bits per heavy atom. The summed E-state index contributed by atoms with van der Waals surface area (Å²) < 4.78 is 43.1. The Morgan fingerprint density at radius 1 is 1.04 bits per heavy atom. The molecule has 4 nitrogen and oxygen atoms in total. The summed E-state index contributed by atoms with van der Waals surface area (Å²) in [6, 6.07) is 11.0. The van der Waals surface area contributed by atoms with E-state index in [0.717, 1.165) is 12.1 Å². The van der Waals surface area contributed by atoms with Gasteiger partial charge < -0.3 is 4.74 Å². The Kier molecular flexibility index (Phi) is 6.50. The largest absolute Gasteiger partial charge is 0.481 e. The molecular formula is C18H17ClF3NO3. The highest BCUT2D eigenvalue weighted by atomic mass is 35.5. The summed E-state index contributed by atoms with van der Waals surface area (Å²) >= 11 is 5.77. The van der Waals surface area contributed by atoms with Gasteiger partial charge in [0.25, 0.3) is 5.91 Å². The summed E-state index contributed by atoms with van der Waals surface area (Å²) in [4.78, 5) is 17.2. The van der Waals surface area contributed by atoms with Gasteiger partial charge in [-0.25, -0.2) is 5.48 Å². The zero-order valence-corrected chi connectivity index (χ0v) is 14.8. The molecule has 0 saturated heterocycles. The van der Waals surface area contributed by atoms with Crippen molar-refractivity contribution >= 4 is 17.5 Å². The molecule has 1 amide bonds. The molecule has 0 aromatic heterocycles. The summed E-state index contributed by atoms with van der Waals surface area (Å²) in [6.45, 7) is 3.14. The molecule has 8 heteroatoms. The number of halogens is 4. The third-order valence-electron chi connectivity index (χ3n) is 3.54. The van der Waals surface area contributed by atoms with Crippen molar-refractivity contribution in [2.45, 2.75) is 32.2 Å². The predicted octanol–water partition coefficient (Wildman–Crippen LogP) is 4.94. The van der Waals surface area contributed by atoms with Gasteiger partial charge >= 0.3 is 6.18 Å². The van der Waals surface area contributed by atoms with Crippen LogP contribution in [0.2, 0.25) is 5.02 Å². The molecule has 0 fully saturated rings. The molecule has 0 saturated carbocycles. The van der Waals surface area contributed by atoms with Crippen LogP contribution in [0.4, 0.5) is 13.2 Å². The lowest BCUT2D eigenvalue weighted by Gasteiger charge is -2.18. The van der Waals surface area contributed by atoms with E-state index < -0.39 is 29.9 Å². The van der Waals surface area contributed by atoms with Crippen LogP contribution in [0.15, 0.2) is 48.5 Å². The Hall–Kier alpha value is -2.25. The van der Waals surface area contributed by atoms with Gasteiger partial charge in [-0.1, -0.05) is 23.7 Å². The van der Waals surface area contributed by atoms with Gasteiger partial charge in [-0.15, -0.1) is 0 Å². The second kappa shape index (κ2) is 8.42. The van der Waals surface area contributed by atoms with Crippen molar-refractivity contribution < 1.29 is 27.5 Å². The molecule has 2 rings (SSSR count). The fourth-order valence-corrected chi connectivity index (χ4v) is 2.14. The standard InChI is InChI=1S/C18H17ClF3NO3/c1-11(13-3-5-14(6-4-13)18(20,21)22)26-23-17(24)12(2)25-16-9-7-15(19)8-10-16/h3-12H,1-2H3,(H,23,24)/t11?,12-/m0/s1. The summed E-state index contributed by atoms with van der Waals surface area (Å²) in [5.74, 6) is -0.0634. The van der Waals surface area contributed by atoms with Crippen molar-refractivity contribution in [1.82, 2.24) is 5.48 Å². The predicted molar refractivity (Wildman–Crippen MR) is 90.6 cm³/mol. The number of hydrogen-bond acceptors (Lipinski definition) is 3. The molecule has 0 heterocycles. The van der Waals surface area contributed by atoms with E-state index in [-0.39, 0.29) is 0 Å². The van der Waals surface area contributed by atoms with E-state index in [9.17, 15) is 18.0 Å². The van der Waals surface area contributed by atoms with Crippen LogP contribution in [-0.4, -0.2) is 12.0 Å². The molecule has 0 radical (unpaired) electrons. The lowest BCUT2D eigenvalue weighted by molar-refractivity contribution is -0.144. The van der Waals surface area contributed by atoms with Gasteiger partial charge in [0, 0.05) is 5.02 Å². The number of nitrogens with one attached hydrogen (secondary N) is 1. The second-order valence-electron chi connectivity index (χ2n) is 5.56. The van der Waals surface area contributed by atoms with Crippen LogP contribution >= 0.6 is 11.6 Å². The van der Waals surface area contributed by atoms with Gasteiger partial charge in [0.1, 0.15) is 11.9 Å². The van der Waals surface area contributed by atoms with Crippen molar-refractivity contribution in [2.75, 3.05) is 0 Å². The first kappa shape index (κ1) is 20.1. The maximum Gasteiger partial charge on any atom is 0.416 e. The van der Waals surface area contributed by atoms with Crippen molar-refractivity contribution in [1.29, 1.82) is 0 Å². The van der Waals surface area contributed by atoms with Crippen LogP contribution in [0.1, 0.15) is 31.1 Å². The molecule has 1 N–H and O–H groups in total. The first-order valence-corrected chi connectivity index (χ1v) is 8.09. The fraction of sp³-hybridized carbons (Fsp3) is 0.278. The van der Waals surface area contributed by atoms with E-state index in [1.54, 1.807) is 31.2 Å². The van der Waals surface area contributed by atoms with Gasteiger partial charge in [0.2, 0.25) is 0 Å². The number of ether oxygens (including phenoxy) is 1. The smallest absolute Gasteiger partial charge is 0.416 e. The number of amides is 1. The Bertz CT molecular complexity index is 733. The maximum absolute atomic E-state index is 12.6. The number of alkyl halides is 3. The molecule has 0 bridgehead atoms. The molecule has 0 aliphatic rings. The minimum Gasteiger partial charge on any atom is -0.481 e. The van der Waals surface area contributed by atoms with E-state index in [1.165, 1.54) is 19.1 Å². The molecule has 0 aliphatic carbocycles. The number of hydroxylamine groups is 1.